The number of ether oxygens (including phenoxy) is 1. The molecule has 0 saturated carbocycles. The third kappa shape index (κ3) is 8.41. The summed E-state index contributed by atoms with van der Waals surface area (Å²) in [5.74, 6) is -0.328. The molecule has 2 aromatic rings. The van der Waals surface area contributed by atoms with Gasteiger partial charge in [-0.1, -0.05) is 62.2 Å². The summed E-state index contributed by atoms with van der Waals surface area (Å²) in [6.45, 7) is 4.19. The van der Waals surface area contributed by atoms with Crippen molar-refractivity contribution < 1.29 is 22.7 Å². The Labute approximate surface area is 219 Å². The van der Waals surface area contributed by atoms with Gasteiger partial charge in [0, 0.05) is 13.1 Å². The zero-order chi connectivity index (χ0) is 26.7. The van der Waals surface area contributed by atoms with Gasteiger partial charge in [0.25, 0.3) is 0 Å². The molecular weight excluding hydrogens is 502 g/mol. The third-order valence-corrected chi connectivity index (χ3v) is 7.24. The Morgan fingerprint density at radius 2 is 1.81 bits per heavy atom. The molecule has 2 rings (SSSR count). The monoisotopic (exact) mass is 537 g/mol. The standard InChI is InChI=1S/C26H36ClN3O5S/c1-5-7-16-28-26(32)23(6-2)29(17-15-20-11-9-8-10-12-20)25(31)19-30(36(4,33)34)21-13-14-24(35-3)22(27)18-21/h8-14,18,23H,5-7,15-17,19H2,1-4H3,(H,28,32). The molecule has 2 amide bonds. The van der Waals surface area contributed by atoms with Crippen molar-refractivity contribution in [2.24, 2.45) is 0 Å². The second-order valence-corrected chi connectivity index (χ2v) is 10.8. The van der Waals surface area contributed by atoms with Crippen LogP contribution >= 0.6 is 11.6 Å². The highest BCUT2D eigenvalue weighted by Crippen LogP contribution is 2.30. The number of carbonyl (C=O) groups excluding carboxylic acids is 2. The van der Waals surface area contributed by atoms with Gasteiger partial charge in [0.2, 0.25) is 21.8 Å². The maximum atomic E-state index is 13.6. The molecule has 0 aliphatic heterocycles. The maximum absolute atomic E-state index is 13.6. The van der Waals surface area contributed by atoms with Gasteiger partial charge in [-0.25, -0.2) is 8.42 Å². The number of sulfonamides is 1. The fraction of sp³-hybridized carbons (Fsp3) is 0.462. The van der Waals surface area contributed by atoms with Crippen LogP contribution in [-0.2, 0) is 26.0 Å². The lowest BCUT2D eigenvalue weighted by Crippen LogP contribution is -2.53. The molecule has 8 nitrogen and oxygen atoms in total. The summed E-state index contributed by atoms with van der Waals surface area (Å²) in [4.78, 5) is 28.1. The van der Waals surface area contributed by atoms with Crippen molar-refractivity contribution in [2.45, 2.75) is 45.6 Å². The van der Waals surface area contributed by atoms with E-state index in [4.69, 9.17) is 16.3 Å². The molecule has 1 unspecified atom stereocenters. The summed E-state index contributed by atoms with van der Waals surface area (Å²) in [6.07, 6.45) is 3.72. The second-order valence-electron chi connectivity index (χ2n) is 8.48. The highest BCUT2D eigenvalue weighted by atomic mass is 35.5. The summed E-state index contributed by atoms with van der Waals surface area (Å²) in [7, 11) is -2.38. The van der Waals surface area contributed by atoms with Gasteiger partial charge in [0.1, 0.15) is 18.3 Å². The Bertz CT molecular complexity index is 1110. The number of anilines is 1. The largest absolute Gasteiger partial charge is 0.495 e. The zero-order valence-corrected chi connectivity index (χ0v) is 22.9. The molecule has 0 saturated heterocycles. The first-order valence-electron chi connectivity index (χ1n) is 12.0. The minimum atomic E-state index is -3.83. The number of nitrogens with zero attached hydrogens (tertiary/aromatic N) is 2. The van der Waals surface area contributed by atoms with Crippen LogP contribution in [0.1, 0.15) is 38.7 Å². The fourth-order valence-corrected chi connectivity index (χ4v) is 4.92. The van der Waals surface area contributed by atoms with Crippen molar-refractivity contribution in [3.8, 4) is 5.75 Å². The number of unbranched alkanes of at least 4 members (excludes halogenated alkanes) is 1. The van der Waals surface area contributed by atoms with Crippen LogP contribution in [0.25, 0.3) is 0 Å². The number of nitrogens with one attached hydrogen (secondary N) is 1. The quantitative estimate of drug-likeness (QED) is 0.369. The first kappa shape index (κ1) is 29.5. The van der Waals surface area contributed by atoms with Crippen LogP contribution in [0.5, 0.6) is 5.75 Å². The first-order valence-corrected chi connectivity index (χ1v) is 14.3. The van der Waals surface area contributed by atoms with E-state index in [1.54, 1.807) is 6.07 Å². The van der Waals surface area contributed by atoms with Crippen molar-refractivity contribution in [3.63, 3.8) is 0 Å². The predicted octanol–water partition coefficient (Wildman–Crippen LogP) is 3.88. The van der Waals surface area contributed by atoms with Crippen molar-refractivity contribution in [2.75, 3.05) is 37.3 Å². The van der Waals surface area contributed by atoms with Crippen molar-refractivity contribution in [3.05, 3.63) is 59.1 Å². The lowest BCUT2D eigenvalue weighted by molar-refractivity contribution is -0.139. The minimum absolute atomic E-state index is 0.221. The molecule has 0 radical (unpaired) electrons. The van der Waals surface area contributed by atoms with E-state index in [0.717, 1.165) is 29.0 Å². The van der Waals surface area contributed by atoms with Gasteiger partial charge in [-0.15, -0.1) is 0 Å². The van der Waals surface area contributed by atoms with Crippen LogP contribution in [0.15, 0.2) is 48.5 Å². The number of hydrogen-bond donors (Lipinski definition) is 1. The van der Waals surface area contributed by atoms with Crippen LogP contribution in [0.4, 0.5) is 5.69 Å². The van der Waals surface area contributed by atoms with Crippen molar-refractivity contribution in [1.29, 1.82) is 0 Å². The molecule has 36 heavy (non-hydrogen) atoms. The predicted molar refractivity (Wildman–Crippen MR) is 144 cm³/mol. The van der Waals surface area contributed by atoms with Crippen LogP contribution in [-0.4, -0.2) is 64.2 Å². The van der Waals surface area contributed by atoms with Gasteiger partial charge >= 0.3 is 0 Å². The Morgan fingerprint density at radius 1 is 1.11 bits per heavy atom. The van der Waals surface area contributed by atoms with Crippen LogP contribution in [0.2, 0.25) is 5.02 Å². The molecule has 0 bridgehead atoms. The summed E-state index contributed by atoms with van der Waals surface area (Å²) < 4.78 is 31.5. The Kier molecular flexibility index (Phi) is 11.5. The molecule has 2 aromatic carbocycles. The summed E-state index contributed by atoms with van der Waals surface area (Å²) >= 11 is 6.22. The third-order valence-electron chi connectivity index (χ3n) is 5.80. The van der Waals surface area contributed by atoms with Gasteiger partial charge in [-0.3, -0.25) is 13.9 Å². The van der Waals surface area contributed by atoms with Gasteiger partial charge in [0.15, 0.2) is 0 Å². The number of methoxy groups -OCH3 is 1. The average Bonchev–Trinajstić information content (AvgIpc) is 2.84. The normalized spacial score (nSPS) is 12.0. The molecule has 1 N–H and O–H groups in total. The van der Waals surface area contributed by atoms with Gasteiger partial charge in [-0.2, -0.15) is 0 Å². The Hall–Kier alpha value is -2.78. The molecular formula is C26H36ClN3O5S. The minimum Gasteiger partial charge on any atom is -0.495 e. The molecule has 0 spiro atoms. The van der Waals surface area contributed by atoms with E-state index in [1.807, 2.05) is 44.2 Å². The van der Waals surface area contributed by atoms with Crippen LogP contribution in [0, 0.1) is 0 Å². The van der Waals surface area contributed by atoms with E-state index in [1.165, 1.54) is 24.1 Å². The summed E-state index contributed by atoms with van der Waals surface area (Å²) in [6, 6.07) is 13.4. The SMILES string of the molecule is CCCCNC(=O)C(CC)N(CCc1ccccc1)C(=O)CN(c1ccc(OC)c(Cl)c1)S(C)(=O)=O. The molecule has 0 fully saturated rings. The zero-order valence-electron chi connectivity index (χ0n) is 21.4. The van der Waals surface area contributed by atoms with E-state index >= 15 is 0 Å². The molecule has 198 valence electrons. The highest BCUT2D eigenvalue weighted by Gasteiger charge is 2.31. The lowest BCUT2D eigenvalue weighted by Gasteiger charge is -2.33. The van der Waals surface area contributed by atoms with Crippen molar-refractivity contribution in [1.82, 2.24) is 10.2 Å². The number of rotatable bonds is 14. The number of halogens is 1. The van der Waals surface area contributed by atoms with E-state index in [0.29, 0.717) is 25.1 Å². The number of amides is 2. The summed E-state index contributed by atoms with van der Waals surface area (Å²) in [5, 5.41) is 3.13. The Balaban J connectivity index is 2.35. The smallest absolute Gasteiger partial charge is 0.244 e. The lowest BCUT2D eigenvalue weighted by atomic mass is 10.1. The number of hydrogen-bond acceptors (Lipinski definition) is 5. The summed E-state index contributed by atoms with van der Waals surface area (Å²) in [5.41, 5.74) is 1.25. The van der Waals surface area contributed by atoms with E-state index < -0.39 is 28.5 Å². The van der Waals surface area contributed by atoms with Crippen LogP contribution in [0.3, 0.4) is 0 Å². The van der Waals surface area contributed by atoms with E-state index in [-0.39, 0.29) is 23.2 Å². The molecule has 10 heteroatoms. The van der Waals surface area contributed by atoms with Gasteiger partial charge in [0.05, 0.1) is 24.1 Å². The average molecular weight is 538 g/mol. The van der Waals surface area contributed by atoms with Gasteiger partial charge < -0.3 is 15.0 Å². The van der Waals surface area contributed by atoms with Crippen molar-refractivity contribution >= 4 is 39.1 Å². The number of benzene rings is 2. The molecule has 0 aliphatic rings. The molecule has 0 heterocycles. The molecule has 0 aromatic heterocycles. The topological polar surface area (TPSA) is 96.0 Å². The first-order chi connectivity index (χ1) is 17.1. The highest BCUT2D eigenvalue weighted by molar-refractivity contribution is 7.92. The Morgan fingerprint density at radius 3 is 2.36 bits per heavy atom. The van der Waals surface area contributed by atoms with Crippen LogP contribution < -0.4 is 14.4 Å². The van der Waals surface area contributed by atoms with E-state index in [2.05, 4.69) is 5.32 Å². The fourth-order valence-electron chi connectivity index (χ4n) is 3.83. The van der Waals surface area contributed by atoms with E-state index in [9.17, 15) is 18.0 Å². The van der Waals surface area contributed by atoms with Gasteiger partial charge in [-0.05, 0) is 43.0 Å². The second kappa shape index (κ2) is 14.1. The molecule has 1 atom stereocenters. The number of carbonyl (C=O) groups is 2. The molecule has 0 aliphatic carbocycles. The maximum Gasteiger partial charge on any atom is 0.244 e.